The molecule has 1 aromatic carbocycles. The van der Waals surface area contributed by atoms with Crippen LogP contribution in [0.1, 0.15) is 54.2 Å². The lowest BCUT2D eigenvalue weighted by Crippen LogP contribution is -2.26. The summed E-state index contributed by atoms with van der Waals surface area (Å²) in [5, 5.41) is 9.84. The topological polar surface area (TPSA) is 105 Å². The molecular formula is C22H27F3IN7. The lowest BCUT2D eigenvalue weighted by atomic mass is 9.83. The van der Waals surface area contributed by atoms with E-state index < -0.39 is 11.7 Å². The summed E-state index contributed by atoms with van der Waals surface area (Å²) in [7, 11) is 0. The van der Waals surface area contributed by atoms with Crippen LogP contribution in [0.4, 0.5) is 24.9 Å². The molecular weight excluding hydrogens is 546 g/mol. The van der Waals surface area contributed by atoms with Gasteiger partial charge >= 0.3 is 6.18 Å². The minimum Gasteiger partial charge on any atom is -0.328 e. The van der Waals surface area contributed by atoms with Crippen molar-refractivity contribution >= 4 is 34.4 Å². The van der Waals surface area contributed by atoms with Gasteiger partial charge in [-0.25, -0.2) is 9.97 Å². The largest absolute Gasteiger partial charge is 0.417 e. The third-order valence-corrected chi connectivity index (χ3v) is 5.64. The molecule has 4 N–H and O–H groups in total. The number of aromatic amines is 1. The van der Waals surface area contributed by atoms with E-state index in [4.69, 9.17) is 5.73 Å². The highest BCUT2D eigenvalue weighted by Gasteiger charge is 2.35. The normalized spacial score (nSPS) is 18.4. The van der Waals surface area contributed by atoms with Crippen LogP contribution in [0.25, 0.3) is 11.4 Å². The molecule has 0 aliphatic heterocycles. The van der Waals surface area contributed by atoms with Crippen LogP contribution in [0, 0.1) is 13.8 Å². The Morgan fingerprint density at radius 2 is 1.70 bits per heavy atom. The highest BCUT2D eigenvalue weighted by Crippen LogP contribution is 2.39. The number of nitrogens with one attached hydrogen (secondary N) is 2. The Bertz CT molecular complexity index is 1080. The van der Waals surface area contributed by atoms with Crippen molar-refractivity contribution in [2.45, 2.75) is 57.7 Å². The standard InChI is InChI=1S/C21H24F3N7.CH3I/c1-11-17(13-7-9-14(25)10-8-13)27-19(15-5-3-4-6-16(15)21(22,23)24)28-18(11)29-20-26-12(2)30-31-20;1-2/h3-6,13-14H,7-10,25H2,1-2H3,(H2,26,27,28,29,30,31);1H3. The summed E-state index contributed by atoms with van der Waals surface area (Å²) >= 11 is 2.15. The molecule has 0 amide bonds. The average Bonchev–Trinajstić information content (AvgIpc) is 3.21. The van der Waals surface area contributed by atoms with Crippen molar-refractivity contribution < 1.29 is 13.2 Å². The van der Waals surface area contributed by atoms with Crippen LogP contribution < -0.4 is 11.1 Å². The quantitative estimate of drug-likeness (QED) is 0.274. The fourth-order valence-corrected chi connectivity index (χ4v) is 4.00. The van der Waals surface area contributed by atoms with E-state index in [0.29, 0.717) is 17.6 Å². The van der Waals surface area contributed by atoms with Crippen molar-refractivity contribution in [3.05, 3.63) is 46.9 Å². The summed E-state index contributed by atoms with van der Waals surface area (Å²) in [5.41, 5.74) is 6.73. The molecule has 0 atom stereocenters. The van der Waals surface area contributed by atoms with Gasteiger partial charge in [0.1, 0.15) is 11.6 Å². The number of nitrogens with zero attached hydrogens (tertiary/aromatic N) is 4. The summed E-state index contributed by atoms with van der Waals surface area (Å²) in [4.78, 5) is 15.3. The summed E-state index contributed by atoms with van der Waals surface area (Å²) < 4.78 is 41.0. The van der Waals surface area contributed by atoms with Crippen LogP contribution in [0.2, 0.25) is 0 Å². The van der Waals surface area contributed by atoms with Gasteiger partial charge in [0, 0.05) is 23.1 Å². The predicted octanol–water partition coefficient (Wildman–Crippen LogP) is 5.68. The smallest absolute Gasteiger partial charge is 0.328 e. The Kier molecular flexibility index (Phi) is 8.27. The Morgan fingerprint density at radius 3 is 2.30 bits per heavy atom. The SMILES string of the molecule is CI.Cc1nc(Nc2nc(-c3ccccc3C(F)(F)F)nc(C3CCC(N)CC3)c2C)n[nH]1. The minimum absolute atomic E-state index is 0.0261. The molecule has 0 unspecified atom stereocenters. The highest BCUT2D eigenvalue weighted by molar-refractivity contribution is 14.1. The molecule has 7 nitrogen and oxygen atoms in total. The zero-order valence-electron chi connectivity index (χ0n) is 18.7. The highest BCUT2D eigenvalue weighted by atomic mass is 127. The van der Waals surface area contributed by atoms with Crippen LogP contribution >= 0.6 is 22.6 Å². The summed E-state index contributed by atoms with van der Waals surface area (Å²) in [6.45, 7) is 3.62. The van der Waals surface area contributed by atoms with Gasteiger partial charge in [-0.1, -0.05) is 40.8 Å². The van der Waals surface area contributed by atoms with Crippen molar-refractivity contribution in [2.75, 3.05) is 10.2 Å². The number of benzene rings is 1. The van der Waals surface area contributed by atoms with Gasteiger partial charge in [-0.05, 0) is 50.5 Å². The number of nitrogens with two attached hydrogens (primary N) is 1. The predicted molar refractivity (Wildman–Crippen MR) is 131 cm³/mol. The van der Waals surface area contributed by atoms with Gasteiger partial charge in [-0.15, -0.1) is 5.10 Å². The molecule has 4 rings (SSSR count). The number of anilines is 2. The molecule has 178 valence electrons. The fraction of sp³-hybridized carbons (Fsp3) is 0.455. The molecule has 0 saturated heterocycles. The van der Waals surface area contributed by atoms with E-state index in [1.54, 1.807) is 13.0 Å². The van der Waals surface area contributed by atoms with Gasteiger partial charge in [-0.2, -0.15) is 18.2 Å². The van der Waals surface area contributed by atoms with E-state index in [1.165, 1.54) is 12.1 Å². The molecule has 11 heteroatoms. The minimum atomic E-state index is -4.52. The summed E-state index contributed by atoms with van der Waals surface area (Å²) in [6.07, 6.45) is -1.15. The molecule has 0 bridgehead atoms. The van der Waals surface area contributed by atoms with Crippen molar-refractivity contribution in [2.24, 2.45) is 5.73 Å². The van der Waals surface area contributed by atoms with E-state index >= 15 is 0 Å². The first-order chi connectivity index (χ1) is 15.7. The van der Waals surface area contributed by atoms with Gasteiger partial charge in [-0.3, -0.25) is 5.10 Å². The Morgan fingerprint density at radius 1 is 1.03 bits per heavy atom. The second-order valence-electron chi connectivity index (χ2n) is 7.93. The third-order valence-electron chi connectivity index (χ3n) is 5.64. The first-order valence-corrected chi connectivity index (χ1v) is 12.7. The van der Waals surface area contributed by atoms with E-state index in [0.717, 1.165) is 43.0 Å². The van der Waals surface area contributed by atoms with Crippen LogP contribution in [0.15, 0.2) is 24.3 Å². The Labute approximate surface area is 204 Å². The molecule has 2 aromatic heterocycles. The molecule has 3 aromatic rings. The number of alkyl halides is 4. The number of aryl methyl sites for hydroxylation is 1. The lowest BCUT2D eigenvalue weighted by molar-refractivity contribution is -0.137. The van der Waals surface area contributed by atoms with Crippen molar-refractivity contribution in [3.63, 3.8) is 0 Å². The molecule has 1 fully saturated rings. The zero-order chi connectivity index (χ0) is 24.2. The van der Waals surface area contributed by atoms with Crippen LogP contribution in [0.5, 0.6) is 0 Å². The third kappa shape index (κ3) is 5.99. The molecule has 0 radical (unpaired) electrons. The van der Waals surface area contributed by atoms with Gasteiger partial charge in [0.25, 0.3) is 0 Å². The Hall–Kier alpha value is -2.28. The molecule has 33 heavy (non-hydrogen) atoms. The summed E-state index contributed by atoms with van der Waals surface area (Å²) in [5.74, 6) is 1.43. The zero-order valence-corrected chi connectivity index (χ0v) is 20.8. The van der Waals surface area contributed by atoms with E-state index in [2.05, 4.69) is 53.1 Å². The number of hydrogen-bond acceptors (Lipinski definition) is 6. The lowest BCUT2D eigenvalue weighted by Gasteiger charge is -2.27. The molecule has 0 spiro atoms. The number of rotatable bonds is 4. The number of hydrogen-bond donors (Lipinski definition) is 3. The van der Waals surface area contributed by atoms with Gasteiger partial charge in [0.2, 0.25) is 5.95 Å². The van der Waals surface area contributed by atoms with Crippen molar-refractivity contribution in [1.29, 1.82) is 0 Å². The molecule has 2 heterocycles. The maximum Gasteiger partial charge on any atom is 0.417 e. The monoisotopic (exact) mass is 573 g/mol. The fourth-order valence-electron chi connectivity index (χ4n) is 4.00. The van der Waals surface area contributed by atoms with Crippen LogP contribution in [-0.4, -0.2) is 36.1 Å². The maximum absolute atomic E-state index is 13.7. The molecule has 1 aliphatic carbocycles. The second kappa shape index (κ2) is 10.8. The van der Waals surface area contributed by atoms with Gasteiger partial charge in [0.15, 0.2) is 5.82 Å². The first kappa shape index (κ1) is 25.3. The maximum atomic E-state index is 13.7. The van der Waals surface area contributed by atoms with E-state index in [1.807, 2.05) is 11.9 Å². The first-order valence-electron chi connectivity index (χ1n) is 10.6. The van der Waals surface area contributed by atoms with Crippen LogP contribution in [-0.2, 0) is 6.18 Å². The summed E-state index contributed by atoms with van der Waals surface area (Å²) in [6, 6.07) is 5.51. The van der Waals surface area contributed by atoms with Crippen LogP contribution in [0.3, 0.4) is 0 Å². The molecule has 1 aliphatic rings. The van der Waals surface area contributed by atoms with Gasteiger partial charge in [0.05, 0.1) is 11.3 Å². The number of halogens is 4. The van der Waals surface area contributed by atoms with Crippen molar-refractivity contribution in [1.82, 2.24) is 25.1 Å². The average molecular weight is 573 g/mol. The van der Waals surface area contributed by atoms with E-state index in [9.17, 15) is 13.2 Å². The van der Waals surface area contributed by atoms with E-state index in [-0.39, 0.29) is 23.3 Å². The number of aromatic nitrogens is 5. The van der Waals surface area contributed by atoms with Crippen molar-refractivity contribution in [3.8, 4) is 11.4 Å². The second-order valence-corrected chi connectivity index (χ2v) is 7.93. The van der Waals surface area contributed by atoms with Gasteiger partial charge < -0.3 is 11.1 Å². The molecule has 1 saturated carbocycles. The number of H-pyrrole nitrogens is 1. The Balaban J connectivity index is 0.00000149.